The molecule has 1 aromatic rings. The Morgan fingerprint density at radius 3 is 2.64 bits per heavy atom. The molecule has 0 saturated carbocycles. The number of β-lactam (4-membered cyclic amide) rings is 1. The summed E-state index contributed by atoms with van der Waals surface area (Å²) >= 11 is 11.9. The van der Waals surface area contributed by atoms with Crippen molar-refractivity contribution in [3.8, 4) is 0 Å². The van der Waals surface area contributed by atoms with Crippen LogP contribution in [0.4, 0.5) is 5.00 Å². The van der Waals surface area contributed by atoms with E-state index in [9.17, 15) is 22.8 Å². The summed E-state index contributed by atoms with van der Waals surface area (Å²) in [5.74, 6) is -2.72. The van der Waals surface area contributed by atoms with Crippen LogP contribution in [0.5, 0.6) is 0 Å². The van der Waals surface area contributed by atoms with Gasteiger partial charge in [0, 0.05) is 0 Å². The average Bonchev–Trinajstić information content (AvgIpc) is 3.01. The van der Waals surface area contributed by atoms with E-state index >= 15 is 0 Å². The Morgan fingerprint density at radius 1 is 1.50 bits per heavy atom. The van der Waals surface area contributed by atoms with Crippen molar-refractivity contribution in [2.45, 2.75) is 10.9 Å². The molecule has 2 heterocycles. The van der Waals surface area contributed by atoms with Gasteiger partial charge in [0.25, 0.3) is 17.7 Å². The number of nitrogens with zero attached hydrogens (tertiary/aromatic N) is 3. The van der Waals surface area contributed by atoms with Crippen molar-refractivity contribution < 1.29 is 32.2 Å². The van der Waals surface area contributed by atoms with E-state index in [1.807, 2.05) is 0 Å². The number of carbonyl (C=O) groups excluding carboxylic acids is 3. The van der Waals surface area contributed by atoms with Crippen LogP contribution in [0.3, 0.4) is 0 Å². The molecule has 0 spiro atoms. The molecule has 1 aromatic heterocycles. The monoisotopic (exact) mass is 483 g/mol. The van der Waals surface area contributed by atoms with Gasteiger partial charge in [-0.1, -0.05) is 28.4 Å². The summed E-state index contributed by atoms with van der Waals surface area (Å²) in [6, 6.07) is -1.20. The normalized spacial score (nSPS) is 16.9. The first kappa shape index (κ1) is 25.0. The van der Waals surface area contributed by atoms with Crippen LogP contribution in [0, 0.1) is 0 Å². The Morgan fingerprint density at radius 2 is 2.14 bits per heavy atom. The number of aromatic nitrogens is 1. The van der Waals surface area contributed by atoms with Gasteiger partial charge < -0.3 is 15.5 Å². The van der Waals surface area contributed by atoms with E-state index in [1.54, 1.807) is 0 Å². The fraction of sp³-hybridized carbons (Fsp3) is 0.364. The summed E-state index contributed by atoms with van der Waals surface area (Å²) in [5.41, 5.74) is 0.822. The van der Waals surface area contributed by atoms with Gasteiger partial charge in [0.1, 0.15) is 23.8 Å². The van der Waals surface area contributed by atoms with Crippen molar-refractivity contribution in [1.82, 2.24) is 14.6 Å². The molecule has 150 valence electrons. The first-order valence-electron chi connectivity index (χ1n) is 6.80. The van der Waals surface area contributed by atoms with Crippen LogP contribution in [0.15, 0.2) is 10.7 Å². The topological polar surface area (TPSA) is 167 Å². The van der Waals surface area contributed by atoms with Crippen molar-refractivity contribution >= 4 is 103 Å². The Bertz CT molecular complexity index is 907. The second-order valence-electron chi connectivity index (χ2n) is 4.82. The summed E-state index contributed by atoms with van der Waals surface area (Å²) in [6.07, 6.45) is 0. The number of nitrogens with one attached hydrogen (secondary N) is 2. The molecule has 3 N–H and O–H groups in total. The summed E-state index contributed by atoms with van der Waals surface area (Å²) in [7, 11) is -3.54. The van der Waals surface area contributed by atoms with E-state index in [-0.39, 0.29) is 44.6 Å². The van der Waals surface area contributed by atoms with Crippen LogP contribution in [0.2, 0.25) is 0 Å². The summed E-state index contributed by atoms with van der Waals surface area (Å²) < 4.78 is 30.8. The number of hydrogen-bond acceptors (Lipinski definition) is 9. The first-order chi connectivity index (χ1) is 12.6. The molecule has 2 rings (SSSR count). The van der Waals surface area contributed by atoms with Gasteiger partial charge in [-0.2, -0.15) is 8.42 Å². The molecule has 0 aliphatic carbocycles. The SMILES string of the molecule is CON=C(C(=O)NC1CN(S(=O)(=O)O)C1=O)c1ncsc1NC(=O)C(Cl)Cl.[NaH]. The molecular formula is C11H12Cl2N5NaO7S2. The first-order valence-corrected chi connectivity index (χ1v) is 9.95. The van der Waals surface area contributed by atoms with Crippen molar-refractivity contribution in [1.29, 1.82) is 0 Å². The Labute approximate surface area is 194 Å². The molecule has 12 nitrogen and oxygen atoms in total. The van der Waals surface area contributed by atoms with Crippen LogP contribution in [0.25, 0.3) is 0 Å². The molecule has 0 radical (unpaired) electrons. The number of rotatable bonds is 7. The van der Waals surface area contributed by atoms with Crippen molar-refractivity contribution in [2.75, 3.05) is 19.0 Å². The van der Waals surface area contributed by atoms with Crippen molar-refractivity contribution in [2.24, 2.45) is 5.16 Å². The molecule has 28 heavy (non-hydrogen) atoms. The molecule has 0 bridgehead atoms. The minimum atomic E-state index is -4.69. The van der Waals surface area contributed by atoms with Crippen LogP contribution in [-0.2, 0) is 29.5 Å². The van der Waals surface area contributed by atoms with Gasteiger partial charge in [-0.05, 0) is 0 Å². The molecule has 17 heteroatoms. The molecule has 0 aromatic carbocycles. The van der Waals surface area contributed by atoms with Gasteiger partial charge >= 0.3 is 39.9 Å². The van der Waals surface area contributed by atoms with E-state index in [1.165, 1.54) is 5.51 Å². The molecule has 3 amide bonds. The quantitative estimate of drug-likeness (QED) is 0.107. The van der Waals surface area contributed by atoms with E-state index < -0.39 is 51.2 Å². The Hall–Kier alpha value is -1.00. The third-order valence-electron chi connectivity index (χ3n) is 3.10. The summed E-state index contributed by atoms with van der Waals surface area (Å²) in [5, 5.41) is 8.19. The molecule has 1 atom stereocenters. The zero-order chi connectivity index (χ0) is 20.4. The second-order valence-corrected chi connectivity index (χ2v) is 8.10. The molecule has 1 fully saturated rings. The third-order valence-corrected chi connectivity index (χ3v) is 5.12. The Balaban J connectivity index is 0.00000392. The van der Waals surface area contributed by atoms with Crippen LogP contribution >= 0.6 is 34.5 Å². The number of amides is 3. The zero-order valence-corrected chi connectivity index (χ0v) is 16.4. The summed E-state index contributed by atoms with van der Waals surface area (Å²) in [6.45, 7) is -0.454. The maximum absolute atomic E-state index is 12.4. The number of alkyl halides is 2. The van der Waals surface area contributed by atoms with E-state index in [4.69, 9.17) is 27.8 Å². The Kier molecular flexibility index (Phi) is 9.08. The standard InChI is InChI=1S/C11H11Cl2N5O7S2.Na.H/c1-25-17-5(6-10(26-3-14-6)16-9(20)7(12)13)8(19)15-4-2-18(11(4)21)27(22,23)24;;/h3-4,7H,2H2,1H3,(H,15,19)(H,16,20)(H,22,23,24);;. The molecular weight excluding hydrogens is 472 g/mol. The zero-order valence-electron chi connectivity index (χ0n) is 13.2. The fourth-order valence-electron chi connectivity index (χ4n) is 1.89. The maximum atomic E-state index is 12.4. The fourth-order valence-corrected chi connectivity index (χ4v) is 3.38. The second kappa shape index (κ2) is 10.2. The van der Waals surface area contributed by atoms with Crippen molar-refractivity contribution in [3.05, 3.63) is 11.2 Å². The number of oxime groups is 1. The van der Waals surface area contributed by atoms with Gasteiger partial charge in [0.15, 0.2) is 10.5 Å². The van der Waals surface area contributed by atoms with Gasteiger partial charge in [0.2, 0.25) is 0 Å². The van der Waals surface area contributed by atoms with E-state index in [2.05, 4.69) is 25.6 Å². The predicted molar refractivity (Wildman–Crippen MR) is 102 cm³/mol. The van der Waals surface area contributed by atoms with Crippen molar-refractivity contribution in [3.63, 3.8) is 0 Å². The summed E-state index contributed by atoms with van der Waals surface area (Å²) in [4.78, 5) is 42.9. The number of thiazole rings is 1. The van der Waals surface area contributed by atoms with E-state index in [0.29, 0.717) is 0 Å². The molecule has 1 saturated heterocycles. The van der Waals surface area contributed by atoms with Crippen LogP contribution < -0.4 is 10.6 Å². The van der Waals surface area contributed by atoms with Gasteiger partial charge in [-0.15, -0.1) is 11.3 Å². The van der Waals surface area contributed by atoms with E-state index in [0.717, 1.165) is 18.4 Å². The van der Waals surface area contributed by atoms with Crippen LogP contribution in [0.1, 0.15) is 5.69 Å². The predicted octanol–water partition coefficient (Wildman–Crippen LogP) is -1.28. The number of hydrogen-bond donors (Lipinski definition) is 3. The number of carbonyl (C=O) groups is 3. The third kappa shape index (κ3) is 5.76. The minimum absolute atomic E-state index is 0. The van der Waals surface area contributed by atoms with Gasteiger partial charge in [0.05, 0.1) is 12.1 Å². The molecule has 1 aliphatic rings. The molecule has 1 aliphatic heterocycles. The average molecular weight is 484 g/mol. The number of halogens is 2. The van der Waals surface area contributed by atoms with Gasteiger partial charge in [-0.25, -0.2) is 9.29 Å². The van der Waals surface area contributed by atoms with Gasteiger partial charge in [-0.3, -0.25) is 18.9 Å². The number of anilines is 1. The molecule has 1 unspecified atom stereocenters. The van der Waals surface area contributed by atoms with Crippen LogP contribution in [-0.4, -0.2) is 99.8 Å².